The standard InChI is InChI=1S/C12H9FN2O2/c13-9-2-1-3-10(5-9)15-11-4-8(12(16)17)6-14-7-11/h1-7,15H,(H,16,17). The van der Waals surface area contributed by atoms with Crippen molar-refractivity contribution in [2.45, 2.75) is 0 Å². The van der Waals surface area contributed by atoms with Crippen LogP contribution in [0.25, 0.3) is 0 Å². The molecule has 0 spiro atoms. The summed E-state index contributed by atoms with van der Waals surface area (Å²) in [6, 6.07) is 7.31. The van der Waals surface area contributed by atoms with Gasteiger partial charge < -0.3 is 10.4 Å². The summed E-state index contributed by atoms with van der Waals surface area (Å²) in [6.07, 6.45) is 2.72. The van der Waals surface area contributed by atoms with Crippen molar-refractivity contribution in [1.29, 1.82) is 0 Å². The van der Waals surface area contributed by atoms with Crippen molar-refractivity contribution >= 4 is 17.3 Å². The van der Waals surface area contributed by atoms with Crippen LogP contribution < -0.4 is 5.32 Å². The van der Waals surface area contributed by atoms with Gasteiger partial charge in [-0.15, -0.1) is 0 Å². The smallest absolute Gasteiger partial charge is 0.337 e. The predicted octanol–water partition coefficient (Wildman–Crippen LogP) is 2.66. The molecule has 0 saturated heterocycles. The number of carbonyl (C=O) groups is 1. The van der Waals surface area contributed by atoms with E-state index in [2.05, 4.69) is 10.3 Å². The predicted molar refractivity (Wildman–Crippen MR) is 60.9 cm³/mol. The summed E-state index contributed by atoms with van der Waals surface area (Å²) in [4.78, 5) is 14.5. The van der Waals surface area contributed by atoms with E-state index in [0.29, 0.717) is 11.4 Å². The fourth-order valence-corrected chi connectivity index (χ4v) is 1.36. The first-order chi connectivity index (χ1) is 8.15. The molecule has 2 aromatic rings. The van der Waals surface area contributed by atoms with Crippen molar-refractivity contribution in [3.63, 3.8) is 0 Å². The second-order valence-electron chi connectivity index (χ2n) is 3.40. The van der Waals surface area contributed by atoms with Crippen LogP contribution in [-0.4, -0.2) is 16.1 Å². The number of rotatable bonds is 3. The Morgan fingerprint density at radius 1 is 1.24 bits per heavy atom. The Morgan fingerprint density at radius 2 is 2.06 bits per heavy atom. The van der Waals surface area contributed by atoms with Gasteiger partial charge in [0.1, 0.15) is 5.82 Å². The van der Waals surface area contributed by atoms with Crippen molar-refractivity contribution in [1.82, 2.24) is 4.98 Å². The van der Waals surface area contributed by atoms with Gasteiger partial charge in [-0.25, -0.2) is 9.18 Å². The highest BCUT2D eigenvalue weighted by Crippen LogP contribution is 2.17. The van der Waals surface area contributed by atoms with Crippen LogP contribution in [0.2, 0.25) is 0 Å². The maximum atomic E-state index is 12.9. The molecule has 0 aliphatic carbocycles. The third-order valence-corrected chi connectivity index (χ3v) is 2.10. The molecule has 4 nitrogen and oxygen atoms in total. The van der Waals surface area contributed by atoms with E-state index in [9.17, 15) is 9.18 Å². The second kappa shape index (κ2) is 4.61. The minimum absolute atomic E-state index is 0.0754. The number of carboxylic acids is 1. The molecule has 0 radical (unpaired) electrons. The monoisotopic (exact) mass is 232 g/mol. The summed E-state index contributed by atoms with van der Waals surface area (Å²) in [6.45, 7) is 0. The van der Waals surface area contributed by atoms with Gasteiger partial charge in [-0.2, -0.15) is 0 Å². The molecular weight excluding hydrogens is 223 g/mol. The number of carboxylic acid groups (broad SMARTS) is 1. The molecule has 2 N–H and O–H groups in total. The van der Waals surface area contributed by atoms with E-state index in [-0.39, 0.29) is 11.4 Å². The molecule has 0 unspecified atom stereocenters. The molecule has 0 atom stereocenters. The highest BCUT2D eigenvalue weighted by atomic mass is 19.1. The van der Waals surface area contributed by atoms with E-state index in [1.165, 1.54) is 30.6 Å². The third kappa shape index (κ3) is 2.78. The van der Waals surface area contributed by atoms with E-state index in [1.807, 2.05) is 0 Å². The molecule has 0 bridgehead atoms. The van der Waals surface area contributed by atoms with Crippen molar-refractivity contribution in [2.75, 3.05) is 5.32 Å². The number of nitrogens with zero attached hydrogens (tertiary/aromatic N) is 1. The van der Waals surface area contributed by atoms with Crippen LogP contribution in [0, 0.1) is 5.82 Å². The van der Waals surface area contributed by atoms with Gasteiger partial charge in [-0.1, -0.05) is 6.07 Å². The molecule has 1 aromatic heterocycles. The Balaban J connectivity index is 2.24. The van der Waals surface area contributed by atoms with Crippen molar-refractivity contribution in [2.24, 2.45) is 0 Å². The zero-order valence-corrected chi connectivity index (χ0v) is 8.72. The zero-order chi connectivity index (χ0) is 12.3. The van der Waals surface area contributed by atoms with Gasteiger partial charge in [0.15, 0.2) is 0 Å². The third-order valence-electron chi connectivity index (χ3n) is 2.10. The lowest BCUT2D eigenvalue weighted by Crippen LogP contribution is -1.99. The summed E-state index contributed by atoms with van der Waals surface area (Å²) in [5.74, 6) is -1.42. The van der Waals surface area contributed by atoms with Gasteiger partial charge in [0.2, 0.25) is 0 Å². The molecule has 86 valence electrons. The lowest BCUT2D eigenvalue weighted by atomic mass is 10.2. The average Bonchev–Trinajstić information content (AvgIpc) is 2.29. The van der Waals surface area contributed by atoms with Crippen LogP contribution in [-0.2, 0) is 0 Å². The number of nitrogens with one attached hydrogen (secondary N) is 1. The van der Waals surface area contributed by atoms with Gasteiger partial charge in [0.05, 0.1) is 17.4 Å². The first-order valence-electron chi connectivity index (χ1n) is 4.86. The number of hydrogen-bond acceptors (Lipinski definition) is 3. The van der Waals surface area contributed by atoms with Gasteiger partial charge in [0, 0.05) is 11.9 Å². The Bertz CT molecular complexity index is 558. The number of aromatic nitrogens is 1. The maximum absolute atomic E-state index is 12.9. The van der Waals surface area contributed by atoms with Crippen LogP contribution in [0.3, 0.4) is 0 Å². The van der Waals surface area contributed by atoms with Crippen LogP contribution in [0.4, 0.5) is 15.8 Å². The molecule has 0 fully saturated rings. The zero-order valence-electron chi connectivity index (χ0n) is 8.72. The Hall–Kier alpha value is -2.43. The molecule has 0 amide bonds. The first-order valence-corrected chi connectivity index (χ1v) is 4.86. The van der Waals surface area contributed by atoms with Gasteiger partial charge in [0.25, 0.3) is 0 Å². The Kier molecular flexibility index (Phi) is 3.00. The average molecular weight is 232 g/mol. The van der Waals surface area contributed by atoms with E-state index < -0.39 is 5.97 Å². The van der Waals surface area contributed by atoms with Crippen molar-refractivity contribution in [3.8, 4) is 0 Å². The Morgan fingerprint density at radius 3 is 2.76 bits per heavy atom. The lowest BCUT2D eigenvalue weighted by molar-refractivity contribution is 0.0696. The summed E-state index contributed by atoms with van der Waals surface area (Å²) in [5.41, 5.74) is 1.11. The van der Waals surface area contributed by atoms with Gasteiger partial charge in [-0.3, -0.25) is 4.98 Å². The summed E-state index contributed by atoms with van der Waals surface area (Å²) < 4.78 is 12.9. The van der Waals surface area contributed by atoms with E-state index in [1.54, 1.807) is 12.1 Å². The first kappa shape index (κ1) is 11.1. The maximum Gasteiger partial charge on any atom is 0.337 e. The van der Waals surface area contributed by atoms with Crippen LogP contribution in [0.5, 0.6) is 0 Å². The normalized spacial score (nSPS) is 9.94. The SMILES string of the molecule is O=C(O)c1cncc(Nc2cccc(F)c2)c1. The molecule has 2 rings (SSSR count). The molecule has 0 aliphatic heterocycles. The molecule has 1 aromatic carbocycles. The molecular formula is C12H9FN2O2. The second-order valence-corrected chi connectivity index (χ2v) is 3.40. The fourth-order valence-electron chi connectivity index (χ4n) is 1.36. The van der Waals surface area contributed by atoms with Gasteiger partial charge in [-0.05, 0) is 24.3 Å². The highest BCUT2D eigenvalue weighted by molar-refractivity contribution is 5.88. The molecule has 5 heteroatoms. The molecule has 0 saturated carbocycles. The minimum atomic E-state index is -1.06. The minimum Gasteiger partial charge on any atom is -0.478 e. The van der Waals surface area contributed by atoms with Crippen LogP contribution in [0.15, 0.2) is 42.7 Å². The molecule has 1 heterocycles. The number of aromatic carboxylic acids is 1. The Labute approximate surface area is 96.7 Å². The summed E-state index contributed by atoms with van der Waals surface area (Å²) in [7, 11) is 0. The lowest BCUT2D eigenvalue weighted by Gasteiger charge is -2.06. The number of anilines is 2. The topological polar surface area (TPSA) is 62.2 Å². The van der Waals surface area contributed by atoms with Crippen LogP contribution in [0.1, 0.15) is 10.4 Å². The van der Waals surface area contributed by atoms with E-state index in [4.69, 9.17) is 5.11 Å². The van der Waals surface area contributed by atoms with Crippen LogP contribution >= 0.6 is 0 Å². The largest absolute Gasteiger partial charge is 0.478 e. The number of benzene rings is 1. The summed E-state index contributed by atoms with van der Waals surface area (Å²) in [5, 5.41) is 11.7. The summed E-state index contributed by atoms with van der Waals surface area (Å²) >= 11 is 0. The molecule has 17 heavy (non-hydrogen) atoms. The number of halogens is 1. The number of hydrogen-bond donors (Lipinski definition) is 2. The fraction of sp³-hybridized carbons (Fsp3) is 0. The van der Waals surface area contributed by atoms with E-state index >= 15 is 0 Å². The highest BCUT2D eigenvalue weighted by Gasteiger charge is 2.04. The van der Waals surface area contributed by atoms with Crippen molar-refractivity contribution in [3.05, 3.63) is 54.1 Å². The molecule has 0 aliphatic rings. The quantitative estimate of drug-likeness (QED) is 0.853. The number of pyridine rings is 1. The van der Waals surface area contributed by atoms with E-state index in [0.717, 1.165) is 0 Å². The van der Waals surface area contributed by atoms with Crippen molar-refractivity contribution < 1.29 is 14.3 Å². The van der Waals surface area contributed by atoms with Gasteiger partial charge >= 0.3 is 5.97 Å².